The van der Waals surface area contributed by atoms with Crippen molar-refractivity contribution in [2.45, 2.75) is 19.9 Å². The summed E-state index contributed by atoms with van der Waals surface area (Å²) in [6, 6.07) is 15.8. The molecule has 0 spiro atoms. The van der Waals surface area contributed by atoms with E-state index in [-0.39, 0.29) is 13.2 Å². The first-order chi connectivity index (χ1) is 12.1. The normalized spacial score (nSPS) is 12.5. The van der Waals surface area contributed by atoms with Crippen molar-refractivity contribution in [3.63, 3.8) is 0 Å². The zero-order chi connectivity index (χ0) is 18.1. The van der Waals surface area contributed by atoms with Gasteiger partial charge in [-0.1, -0.05) is 30.3 Å². The highest BCUT2D eigenvalue weighted by atomic mass is 19.1. The summed E-state index contributed by atoms with van der Waals surface area (Å²) in [6.45, 7) is 1.83. The number of hydrogen-bond donors (Lipinski definition) is 0. The number of methoxy groups -OCH3 is 1. The number of halogens is 1. The smallest absolute Gasteiger partial charge is 0.338 e. The molecule has 0 aliphatic rings. The standard InChI is InChI=1S/C20H21FO4/c1-15(13-25-20(22)17-6-4-3-5-7-17)12-19(21)24-14-16-8-10-18(23-2)11-9-16/h3-12,19H,13-14H2,1-2H3/b15-12+. The van der Waals surface area contributed by atoms with Gasteiger partial charge in [0.2, 0.25) is 6.36 Å². The Morgan fingerprint density at radius 1 is 1.12 bits per heavy atom. The summed E-state index contributed by atoms with van der Waals surface area (Å²) in [5.41, 5.74) is 1.87. The molecule has 2 aromatic rings. The van der Waals surface area contributed by atoms with E-state index in [0.29, 0.717) is 11.1 Å². The highest BCUT2D eigenvalue weighted by Gasteiger charge is 2.08. The van der Waals surface area contributed by atoms with Gasteiger partial charge in [-0.25, -0.2) is 9.18 Å². The maximum atomic E-state index is 13.9. The Balaban J connectivity index is 1.77. The summed E-state index contributed by atoms with van der Waals surface area (Å²) < 4.78 is 29.2. The highest BCUT2D eigenvalue weighted by Crippen LogP contribution is 2.13. The fraction of sp³-hybridized carbons (Fsp3) is 0.250. The second kappa shape index (κ2) is 9.59. The third kappa shape index (κ3) is 6.39. The summed E-state index contributed by atoms with van der Waals surface area (Å²) in [6.07, 6.45) is -0.278. The Morgan fingerprint density at radius 3 is 2.44 bits per heavy atom. The van der Waals surface area contributed by atoms with Crippen LogP contribution in [0.1, 0.15) is 22.8 Å². The lowest BCUT2D eigenvalue weighted by molar-refractivity contribution is -0.0151. The summed E-state index contributed by atoms with van der Waals surface area (Å²) in [5.74, 6) is 0.291. The molecule has 0 amide bonds. The van der Waals surface area contributed by atoms with Crippen molar-refractivity contribution in [3.05, 3.63) is 77.4 Å². The maximum absolute atomic E-state index is 13.9. The summed E-state index contributed by atoms with van der Waals surface area (Å²) >= 11 is 0. The van der Waals surface area contributed by atoms with Crippen molar-refractivity contribution in [1.29, 1.82) is 0 Å². The van der Waals surface area contributed by atoms with Gasteiger partial charge in [0.25, 0.3) is 0 Å². The number of hydrogen-bond acceptors (Lipinski definition) is 4. The molecule has 4 nitrogen and oxygen atoms in total. The van der Waals surface area contributed by atoms with Crippen molar-refractivity contribution in [1.82, 2.24) is 0 Å². The Morgan fingerprint density at radius 2 is 1.80 bits per heavy atom. The molecule has 0 bridgehead atoms. The van der Waals surface area contributed by atoms with Crippen molar-refractivity contribution >= 4 is 5.97 Å². The molecular formula is C20H21FO4. The molecule has 132 valence electrons. The first kappa shape index (κ1) is 18.7. The Hall–Kier alpha value is -2.66. The predicted molar refractivity (Wildman–Crippen MR) is 93.2 cm³/mol. The molecule has 5 heteroatoms. The third-order valence-electron chi connectivity index (χ3n) is 3.42. The minimum absolute atomic E-state index is 0.0139. The monoisotopic (exact) mass is 344 g/mol. The van der Waals surface area contributed by atoms with Gasteiger partial charge in [-0.15, -0.1) is 0 Å². The van der Waals surface area contributed by atoms with E-state index in [9.17, 15) is 9.18 Å². The minimum Gasteiger partial charge on any atom is -0.497 e. The fourth-order valence-corrected chi connectivity index (χ4v) is 2.05. The van der Waals surface area contributed by atoms with Crippen LogP contribution < -0.4 is 4.74 Å². The number of carbonyl (C=O) groups excluding carboxylic acids is 1. The average Bonchev–Trinajstić information content (AvgIpc) is 2.65. The number of ether oxygens (including phenoxy) is 3. The topological polar surface area (TPSA) is 44.8 Å². The molecule has 2 rings (SSSR count). The van der Waals surface area contributed by atoms with Gasteiger partial charge in [0.1, 0.15) is 12.4 Å². The maximum Gasteiger partial charge on any atom is 0.338 e. The first-order valence-electron chi connectivity index (χ1n) is 7.86. The Bertz CT molecular complexity index is 695. The van der Waals surface area contributed by atoms with Crippen LogP contribution in [0.15, 0.2) is 66.2 Å². The second-order valence-corrected chi connectivity index (χ2v) is 5.47. The Labute approximate surface area is 146 Å². The van der Waals surface area contributed by atoms with E-state index in [1.54, 1.807) is 50.4 Å². The quantitative estimate of drug-likeness (QED) is 0.529. The molecule has 0 saturated carbocycles. The van der Waals surface area contributed by atoms with Crippen LogP contribution in [0.4, 0.5) is 4.39 Å². The summed E-state index contributed by atoms with van der Waals surface area (Å²) in [7, 11) is 1.58. The molecule has 0 saturated heterocycles. The molecule has 25 heavy (non-hydrogen) atoms. The van der Waals surface area contributed by atoms with Crippen LogP contribution in [0.25, 0.3) is 0 Å². The SMILES string of the molecule is COc1ccc(COC(F)/C=C(\C)COC(=O)c2ccccc2)cc1. The van der Waals surface area contributed by atoms with E-state index in [2.05, 4.69) is 0 Å². The molecule has 0 aliphatic carbocycles. The van der Waals surface area contributed by atoms with E-state index in [1.165, 1.54) is 6.08 Å². The van der Waals surface area contributed by atoms with Gasteiger partial charge in [-0.2, -0.15) is 0 Å². The molecule has 1 atom stereocenters. The second-order valence-electron chi connectivity index (χ2n) is 5.47. The number of carbonyl (C=O) groups is 1. The van der Waals surface area contributed by atoms with Gasteiger partial charge in [0, 0.05) is 0 Å². The van der Waals surface area contributed by atoms with Gasteiger partial charge in [-0.3, -0.25) is 0 Å². The fourth-order valence-electron chi connectivity index (χ4n) is 2.05. The summed E-state index contributed by atoms with van der Waals surface area (Å²) in [4.78, 5) is 11.8. The van der Waals surface area contributed by atoms with Gasteiger partial charge < -0.3 is 14.2 Å². The van der Waals surface area contributed by atoms with Crippen LogP contribution in [0.2, 0.25) is 0 Å². The van der Waals surface area contributed by atoms with E-state index in [4.69, 9.17) is 14.2 Å². The van der Waals surface area contributed by atoms with Crippen molar-refractivity contribution in [2.24, 2.45) is 0 Å². The highest BCUT2D eigenvalue weighted by molar-refractivity contribution is 5.89. The van der Waals surface area contributed by atoms with Crippen molar-refractivity contribution in [2.75, 3.05) is 13.7 Å². The molecule has 1 unspecified atom stereocenters. The molecule has 0 heterocycles. The third-order valence-corrected chi connectivity index (χ3v) is 3.42. The van der Waals surface area contributed by atoms with E-state index < -0.39 is 12.3 Å². The first-order valence-corrected chi connectivity index (χ1v) is 7.86. The molecule has 0 aliphatic heterocycles. The van der Waals surface area contributed by atoms with Crippen LogP contribution in [0.3, 0.4) is 0 Å². The number of benzene rings is 2. The zero-order valence-corrected chi connectivity index (χ0v) is 14.3. The van der Waals surface area contributed by atoms with Gasteiger partial charge in [-0.05, 0) is 48.4 Å². The molecule has 2 aromatic carbocycles. The number of alkyl halides is 1. The lowest BCUT2D eigenvalue weighted by Gasteiger charge is -2.09. The molecule has 0 N–H and O–H groups in total. The van der Waals surface area contributed by atoms with Gasteiger partial charge >= 0.3 is 5.97 Å². The van der Waals surface area contributed by atoms with Crippen LogP contribution in [0.5, 0.6) is 5.75 Å². The Kier molecular flexibility index (Phi) is 7.16. The van der Waals surface area contributed by atoms with Gasteiger partial charge in [0.05, 0.1) is 19.3 Å². The number of esters is 1. The van der Waals surface area contributed by atoms with Crippen LogP contribution in [0, 0.1) is 0 Å². The van der Waals surface area contributed by atoms with Crippen LogP contribution in [-0.4, -0.2) is 26.0 Å². The summed E-state index contributed by atoms with van der Waals surface area (Å²) in [5, 5.41) is 0. The largest absolute Gasteiger partial charge is 0.497 e. The molecule has 0 aromatic heterocycles. The molecular weight excluding hydrogens is 323 g/mol. The molecule has 0 fully saturated rings. The van der Waals surface area contributed by atoms with E-state index in [1.807, 2.05) is 18.2 Å². The number of rotatable bonds is 8. The van der Waals surface area contributed by atoms with Gasteiger partial charge in [0.15, 0.2) is 0 Å². The molecule has 0 radical (unpaired) electrons. The van der Waals surface area contributed by atoms with Crippen molar-refractivity contribution in [3.8, 4) is 5.75 Å². The minimum atomic E-state index is -1.57. The predicted octanol–water partition coefficient (Wildman–Crippen LogP) is 4.31. The zero-order valence-electron chi connectivity index (χ0n) is 14.3. The lowest BCUT2D eigenvalue weighted by atomic mass is 10.2. The van der Waals surface area contributed by atoms with Crippen molar-refractivity contribution < 1.29 is 23.4 Å². The lowest BCUT2D eigenvalue weighted by Crippen LogP contribution is -2.09. The van der Waals surface area contributed by atoms with E-state index >= 15 is 0 Å². The van der Waals surface area contributed by atoms with E-state index in [0.717, 1.165) is 11.3 Å². The van der Waals surface area contributed by atoms with Crippen LogP contribution >= 0.6 is 0 Å². The average molecular weight is 344 g/mol. The van der Waals surface area contributed by atoms with Crippen LogP contribution in [-0.2, 0) is 16.1 Å².